The molecule has 1 saturated heterocycles. The SMILES string of the molecule is CC(C)(C)OC(=O)N1CCO[C@H](C(=O)NC2[C@@H]3[C@H]4CC[C@@H](C4)[C@H]23)C1. The summed E-state index contributed by atoms with van der Waals surface area (Å²) in [6, 6.07) is 0.351. The lowest BCUT2D eigenvalue weighted by atomic mass is 10.0. The van der Waals surface area contributed by atoms with Crippen LogP contribution in [0.4, 0.5) is 4.79 Å². The molecule has 2 bridgehead atoms. The Balaban J connectivity index is 1.30. The number of carbonyl (C=O) groups is 2. The maximum atomic E-state index is 12.6. The van der Waals surface area contributed by atoms with Gasteiger partial charge < -0.3 is 19.7 Å². The van der Waals surface area contributed by atoms with Crippen molar-refractivity contribution in [2.75, 3.05) is 19.7 Å². The summed E-state index contributed by atoms with van der Waals surface area (Å²) < 4.78 is 11.0. The van der Waals surface area contributed by atoms with E-state index in [0.29, 0.717) is 31.0 Å². The van der Waals surface area contributed by atoms with Gasteiger partial charge in [-0.15, -0.1) is 0 Å². The van der Waals surface area contributed by atoms with Crippen LogP contribution in [0.3, 0.4) is 0 Å². The fourth-order valence-corrected chi connectivity index (χ4v) is 5.08. The molecule has 6 atom stereocenters. The van der Waals surface area contributed by atoms with Gasteiger partial charge in [0.2, 0.25) is 0 Å². The first kappa shape index (κ1) is 16.2. The summed E-state index contributed by atoms with van der Waals surface area (Å²) >= 11 is 0. The minimum atomic E-state index is -0.578. The molecule has 0 aromatic carbocycles. The summed E-state index contributed by atoms with van der Waals surface area (Å²) in [5, 5.41) is 3.19. The van der Waals surface area contributed by atoms with Crippen LogP contribution in [0.5, 0.6) is 0 Å². The molecule has 4 fully saturated rings. The molecule has 0 spiro atoms. The number of nitrogens with one attached hydrogen (secondary N) is 1. The van der Waals surface area contributed by atoms with Crippen LogP contribution in [0.15, 0.2) is 0 Å². The van der Waals surface area contributed by atoms with Gasteiger partial charge in [-0.1, -0.05) is 0 Å². The average molecular weight is 336 g/mol. The van der Waals surface area contributed by atoms with Gasteiger partial charge in [-0.05, 0) is 63.7 Å². The lowest BCUT2D eigenvalue weighted by Crippen LogP contribution is -2.53. The third kappa shape index (κ3) is 2.89. The Kier molecular flexibility index (Phi) is 3.79. The number of morpholine rings is 1. The molecular formula is C18H28N2O4. The Hall–Kier alpha value is -1.30. The van der Waals surface area contributed by atoms with Crippen LogP contribution in [-0.4, -0.2) is 54.3 Å². The van der Waals surface area contributed by atoms with E-state index in [-0.39, 0.29) is 18.5 Å². The zero-order chi connectivity index (χ0) is 17.1. The molecule has 6 nitrogen and oxygen atoms in total. The van der Waals surface area contributed by atoms with Crippen LogP contribution in [0.25, 0.3) is 0 Å². The van der Waals surface area contributed by atoms with E-state index in [1.54, 1.807) is 4.90 Å². The van der Waals surface area contributed by atoms with Crippen molar-refractivity contribution >= 4 is 12.0 Å². The number of ether oxygens (including phenoxy) is 2. The molecule has 3 saturated carbocycles. The molecule has 4 rings (SSSR count). The topological polar surface area (TPSA) is 67.9 Å². The van der Waals surface area contributed by atoms with Gasteiger partial charge in [-0.2, -0.15) is 0 Å². The highest BCUT2D eigenvalue weighted by molar-refractivity contribution is 5.82. The van der Waals surface area contributed by atoms with E-state index in [1.807, 2.05) is 20.8 Å². The van der Waals surface area contributed by atoms with Crippen molar-refractivity contribution in [2.45, 2.75) is 57.8 Å². The van der Waals surface area contributed by atoms with Crippen molar-refractivity contribution in [1.82, 2.24) is 10.2 Å². The highest BCUT2D eigenvalue weighted by atomic mass is 16.6. The van der Waals surface area contributed by atoms with Crippen LogP contribution in [0.2, 0.25) is 0 Å². The molecule has 4 aliphatic rings. The molecule has 1 unspecified atom stereocenters. The van der Waals surface area contributed by atoms with Crippen molar-refractivity contribution in [3.05, 3.63) is 0 Å². The molecule has 6 heteroatoms. The zero-order valence-electron chi connectivity index (χ0n) is 14.8. The first-order chi connectivity index (χ1) is 11.3. The minimum Gasteiger partial charge on any atom is -0.444 e. The van der Waals surface area contributed by atoms with Gasteiger partial charge in [0.05, 0.1) is 13.2 Å². The maximum Gasteiger partial charge on any atom is 0.410 e. The van der Waals surface area contributed by atoms with Crippen LogP contribution in [0, 0.1) is 23.7 Å². The van der Waals surface area contributed by atoms with E-state index in [9.17, 15) is 9.59 Å². The number of carbonyl (C=O) groups excluding carboxylic acids is 2. The first-order valence-corrected chi connectivity index (χ1v) is 9.23. The molecule has 0 radical (unpaired) electrons. The molecule has 1 heterocycles. The van der Waals surface area contributed by atoms with Gasteiger partial charge in [0.1, 0.15) is 5.60 Å². The van der Waals surface area contributed by atoms with Gasteiger partial charge in [-0.25, -0.2) is 4.79 Å². The third-order valence-corrected chi connectivity index (χ3v) is 6.05. The number of rotatable bonds is 2. The molecular weight excluding hydrogens is 308 g/mol. The van der Waals surface area contributed by atoms with Gasteiger partial charge in [0, 0.05) is 12.6 Å². The standard InChI is InChI=1S/C18H28N2O4/c1-18(2,3)24-17(22)20-6-7-23-12(9-20)16(21)19-15-13-10-4-5-11(8-10)14(13)15/h10-15H,4-9H2,1-3H3,(H,19,21)/t10-,11-,12-,13-,14+,15?/m0/s1. The van der Waals surface area contributed by atoms with Crippen LogP contribution in [-0.2, 0) is 14.3 Å². The Morgan fingerprint density at radius 1 is 1.17 bits per heavy atom. The molecule has 1 aliphatic heterocycles. The fourth-order valence-electron chi connectivity index (χ4n) is 5.08. The average Bonchev–Trinajstić information content (AvgIpc) is 2.91. The fraction of sp³-hybridized carbons (Fsp3) is 0.889. The summed E-state index contributed by atoms with van der Waals surface area (Å²) in [4.78, 5) is 26.3. The molecule has 24 heavy (non-hydrogen) atoms. The summed E-state index contributed by atoms with van der Waals surface area (Å²) in [6.45, 7) is 6.65. The quantitative estimate of drug-likeness (QED) is 0.835. The monoisotopic (exact) mass is 336 g/mol. The Labute approximate surface area is 143 Å². The van der Waals surface area contributed by atoms with Gasteiger partial charge in [0.25, 0.3) is 5.91 Å². The van der Waals surface area contributed by atoms with E-state index in [1.165, 1.54) is 19.3 Å². The van der Waals surface area contributed by atoms with Crippen LogP contribution >= 0.6 is 0 Å². The molecule has 134 valence electrons. The van der Waals surface area contributed by atoms with Crippen molar-refractivity contribution in [2.24, 2.45) is 23.7 Å². The van der Waals surface area contributed by atoms with Crippen LogP contribution < -0.4 is 5.32 Å². The lowest BCUT2D eigenvalue weighted by molar-refractivity contribution is -0.138. The van der Waals surface area contributed by atoms with Crippen molar-refractivity contribution in [3.63, 3.8) is 0 Å². The largest absolute Gasteiger partial charge is 0.444 e. The molecule has 0 aromatic rings. The predicted molar refractivity (Wildman–Crippen MR) is 87.3 cm³/mol. The van der Waals surface area contributed by atoms with Gasteiger partial charge in [0.15, 0.2) is 6.10 Å². The summed E-state index contributed by atoms with van der Waals surface area (Å²) in [5.41, 5.74) is -0.530. The second kappa shape index (κ2) is 5.61. The van der Waals surface area contributed by atoms with E-state index in [2.05, 4.69) is 5.32 Å². The number of fused-ring (bicyclic) bond motifs is 5. The second-order valence-corrected chi connectivity index (χ2v) is 8.81. The number of hydrogen-bond acceptors (Lipinski definition) is 4. The summed E-state index contributed by atoms with van der Waals surface area (Å²) in [7, 11) is 0. The minimum absolute atomic E-state index is 0.0675. The van der Waals surface area contributed by atoms with E-state index >= 15 is 0 Å². The van der Waals surface area contributed by atoms with Crippen molar-refractivity contribution in [3.8, 4) is 0 Å². The van der Waals surface area contributed by atoms with E-state index < -0.39 is 11.7 Å². The highest BCUT2D eigenvalue weighted by Crippen LogP contribution is 2.65. The second-order valence-electron chi connectivity index (χ2n) is 8.81. The number of nitrogens with zero attached hydrogens (tertiary/aromatic N) is 1. The number of hydrogen-bond donors (Lipinski definition) is 1. The third-order valence-electron chi connectivity index (χ3n) is 6.05. The zero-order valence-corrected chi connectivity index (χ0v) is 14.8. The highest BCUT2D eigenvalue weighted by Gasteiger charge is 2.65. The molecule has 1 N–H and O–H groups in total. The van der Waals surface area contributed by atoms with Crippen molar-refractivity contribution in [1.29, 1.82) is 0 Å². The van der Waals surface area contributed by atoms with Crippen molar-refractivity contribution < 1.29 is 19.1 Å². The summed E-state index contributed by atoms with van der Waals surface area (Å²) in [6.07, 6.45) is 3.10. The Morgan fingerprint density at radius 2 is 1.83 bits per heavy atom. The normalized spacial score (nSPS) is 40.2. The predicted octanol–water partition coefficient (Wildman–Crippen LogP) is 1.78. The number of amides is 2. The smallest absolute Gasteiger partial charge is 0.410 e. The summed E-state index contributed by atoms with van der Waals surface area (Å²) in [5.74, 6) is 3.00. The first-order valence-electron chi connectivity index (χ1n) is 9.23. The van der Waals surface area contributed by atoms with Gasteiger partial charge >= 0.3 is 6.09 Å². The molecule has 2 amide bonds. The Morgan fingerprint density at radius 3 is 2.46 bits per heavy atom. The van der Waals surface area contributed by atoms with E-state index in [0.717, 1.165) is 11.8 Å². The Bertz CT molecular complexity index is 528. The van der Waals surface area contributed by atoms with E-state index in [4.69, 9.17) is 9.47 Å². The molecule has 0 aromatic heterocycles. The molecule has 3 aliphatic carbocycles. The maximum absolute atomic E-state index is 12.6. The van der Waals surface area contributed by atoms with Crippen LogP contribution in [0.1, 0.15) is 40.0 Å². The lowest BCUT2D eigenvalue weighted by Gasteiger charge is -2.33. The van der Waals surface area contributed by atoms with Gasteiger partial charge in [-0.3, -0.25) is 4.79 Å².